The van der Waals surface area contributed by atoms with Crippen LogP contribution >= 0.6 is 11.6 Å². The first-order chi connectivity index (χ1) is 15.7. The molecule has 4 rings (SSSR count). The number of aromatic nitrogens is 1. The van der Waals surface area contributed by atoms with Crippen LogP contribution in [0, 0.1) is 0 Å². The molecule has 0 atom stereocenters. The molecular weight excluding hydrogens is 420 g/mol. The van der Waals surface area contributed by atoms with E-state index >= 15 is 0 Å². The summed E-state index contributed by atoms with van der Waals surface area (Å²) in [6.45, 7) is 0.671. The number of halogens is 1. The van der Waals surface area contributed by atoms with Crippen molar-refractivity contribution >= 4 is 29.1 Å². The standard InChI is InChI=1S/C27H23ClN2O2/c1-31-26-14-13-25(18-27(26)32-17-15-21-9-11-23(28)12-10-21)30(24-7-3-2-4-8-24)20-22-6-5-16-29-19-22/h2-19H,20H2,1H3. The van der Waals surface area contributed by atoms with Crippen LogP contribution in [0.4, 0.5) is 11.4 Å². The number of methoxy groups -OCH3 is 1. The zero-order valence-electron chi connectivity index (χ0n) is 17.7. The van der Waals surface area contributed by atoms with E-state index in [0.29, 0.717) is 23.1 Å². The fourth-order valence-electron chi connectivity index (χ4n) is 3.30. The summed E-state index contributed by atoms with van der Waals surface area (Å²) in [7, 11) is 1.63. The Labute approximate surface area is 193 Å². The second-order valence-corrected chi connectivity index (χ2v) is 7.53. The zero-order chi connectivity index (χ0) is 22.2. The first-order valence-electron chi connectivity index (χ1n) is 10.2. The lowest BCUT2D eigenvalue weighted by atomic mass is 10.2. The summed E-state index contributed by atoms with van der Waals surface area (Å²) in [4.78, 5) is 6.47. The summed E-state index contributed by atoms with van der Waals surface area (Å²) >= 11 is 5.96. The number of pyridine rings is 1. The van der Waals surface area contributed by atoms with Gasteiger partial charge < -0.3 is 14.4 Å². The molecule has 0 saturated heterocycles. The molecule has 0 spiro atoms. The first-order valence-corrected chi connectivity index (χ1v) is 10.6. The van der Waals surface area contributed by atoms with E-state index in [0.717, 1.165) is 22.5 Å². The van der Waals surface area contributed by atoms with Gasteiger partial charge >= 0.3 is 0 Å². The van der Waals surface area contributed by atoms with E-state index < -0.39 is 0 Å². The lowest BCUT2D eigenvalue weighted by molar-refractivity contribution is 0.379. The van der Waals surface area contributed by atoms with Crippen LogP contribution in [-0.2, 0) is 6.54 Å². The van der Waals surface area contributed by atoms with Crippen molar-refractivity contribution < 1.29 is 9.47 Å². The molecule has 0 saturated carbocycles. The van der Waals surface area contributed by atoms with E-state index in [9.17, 15) is 0 Å². The Hall–Kier alpha value is -3.76. The molecule has 160 valence electrons. The highest BCUT2D eigenvalue weighted by atomic mass is 35.5. The molecule has 0 amide bonds. The minimum atomic E-state index is 0.627. The highest BCUT2D eigenvalue weighted by Gasteiger charge is 2.14. The molecule has 3 aromatic carbocycles. The summed E-state index contributed by atoms with van der Waals surface area (Å²) in [6, 6.07) is 27.7. The minimum absolute atomic E-state index is 0.627. The number of hydrogen-bond donors (Lipinski definition) is 0. The number of para-hydroxylation sites is 1. The fraction of sp³-hybridized carbons (Fsp3) is 0.0741. The normalized spacial score (nSPS) is 10.8. The summed E-state index contributed by atoms with van der Waals surface area (Å²) in [5.41, 5.74) is 4.16. The maximum absolute atomic E-state index is 5.96. The highest BCUT2D eigenvalue weighted by molar-refractivity contribution is 6.30. The van der Waals surface area contributed by atoms with Crippen LogP contribution in [0.2, 0.25) is 5.02 Å². The molecule has 0 aliphatic rings. The van der Waals surface area contributed by atoms with Gasteiger partial charge in [-0.1, -0.05) is 48.0 Å². The van der Waals surface area contributed by atoms with Crippen molar-refractivity contribution in [1.29, 1.82) is 0 Å². The molecule has 32 heavy (non-hydrogen) atoms. The number of anilines is 2. The predicted octanol–water partition coefficient (Wildman–Crippen LogP) is 7.13. The molecule has 0 aliphatic heterocycles. The quantitative estimate of drug-likeness (QED) is 0.272. The van der Waals surface area contributed by atoms with Crippen molar-refractivity contribution in [2.24, 2.45) is 0 Å². The monoisotopic (exact) mass is 442 g/mol. The van der Waals surface area contributed by atoms with Gasteiger partial charge in [0.15, 0.2) is 11.5 Å². The summed E-state index contributed by atoms with van der Waals surface area (Å²) in [5.74, 6) is 1.28. The first kappa shape index (κ1) is 21.5. The average molecular weight is 443 g/mol. The Morgan fingerprint density at radius 1 is 0.875 bits per heavy atom. The van der Waals surface area contributed by atoms with E-state index in [2.05, 4.69) is 28.1 Å². The minimum Gasteiger partial charge on any atom is -0.493 e. The molecular formula is C27H23ClN2O2. The summed E-state index contributed by atoms with van der Waals surface area (Å²) in [5, 5.41) is 0.701. The van der Waals surface area contributed by atoms with Crippen molar-refractivity contribution in [1.82, 2.24) is 4.98 Å². The van der Waals surface area contributed by atoms with Gasteiger partial charge in [0.2, 0.25) is 0 Å². The number of rotatable bonds is 8. The SMILES string of the molecule is COc1ccc(N(Cc2cccnc2)c2ccccc2)cc1OC=Cc1ccc(Cl)cc1. The molecule has 5 heteroatoms. The molecule has 0 aliphatic carbocycles. The van der Waals surface area contributed by atoms with Gasteiger partial charge in [0.25, 0.3) is 0 Å². The molecule has 0 radical (unpaired) electrons. The number of nitrogens with zero attached hydrogens (tertiary/aromatic N) is 2. The van der Waals surface area contributed by atoms with E-state index in [1.54, 1.807) is 19.6 Å². The largest absolute Gasteiger partial charge is 0.493 e. The van der Waals surface area contributed by atoms with Crippen LogP contribution in [-0.4, -0.2) is 12.1 Å². The highest BCUT2D eigenvalue weighted by Crippen LogP contribution is 2.36. The van der Waals surface area contributed by atoms with Crippen molar-refractivity contribution in [3.05, 3.63) is 120 Å². The third-order valence-corrected chi connectivity index (χ3v) is 5.17. The van der Waals surface area contributed by atoms with Crippen molar-refractivity contribution in [3.8, 4) is 11.5 Å². The number of ether oxygens (including phenoxy) is 2. The molecule has 4 aromatic rings. The lowest BCUT2D eigenvalue weighted by Crippen LogP contribution is -2.16. The Bertz CT molecular complexity index is 1160. The van der Waals surface area contributed by atoms with Gasteiger partial charge in [0.05, 0.1) is 13.4 Å². The van der Waals surface area contributed by atoms with Crippen LogP contribution < -0.4 is 14.4 Å². The van der Waals surface area contributed by atoms with Gasteiger partial charge in [0.1, 0.15) is 0 Å². The smallest absolute Gasteiger partial charge is 0.170 e. The molecule has 0 fully saturated rings. The number of hydrogen-bond acceptors (Lipinski definition) is 4. The van der Waals surface area contributed by atoms with E-state index in [1.807, 2.05) is 79.0 Å². The molecule has 1 heterocycles. The van der Waals surface area contributed by atoms with Crippen LogP contribution in [0.25, 0.3) is 6.08 Å². The Morgan fingerprint density at radius 3 is 2.41 bits per heavy atom. The number of benzene rings is 3. The van der Waals surface area contributed by atoms with E-state index in [-0.39, 0.29) is 0 Å². The maximum Gasteiger partial charge on any atom is 0.170 e. The van der Waals surface area contributed by atoms with E-state index in [4.69, 9.17) is 21.1 Å². The Balaban J connectivity index is 1.63. The molecule has 0 N–H and O–H groups in total. The van der Waals surface area contributed by atoms with Gasteiger partial charge in [-0.3, -0.25) is 4.98 Å². The van der Waals surface area contributed by atoms with Crippen LogP contribution in [0.3, 0.4) is 0 Å². The maximum atomic E-state index is 5.96. The van der Waals surface area contributed by atoms with Gasteiger partial charge in [-0.2, -0.15) is 0 Å². The van der Waals surface area contributed by atoms with Gasteiger partial charge in [-0.25, -0.2) is 0 Å². The molecule has 1 aromatic heterocycles. The third-order valence-electron chi connectivity index (χ3n) is 4.92. The van der Waals surface area contributed by atoms with Crippen molar-refractivity contribution in [2.75, 3.05) is 12.0 Å². The van der Waals surface area contributed by atoms with Gasteiger partial charge in [-0.15, -0.1) is 0 Å². The molecule has 4 nitrogen and oxygen atoms in total. The second-order valence-electron chi connectivity index (χ2n) is 7.09. The third kappa shape index (κ3) is 5.48. The second kappa shape index (κ2) is 10.5. The van der Waals surface area contributed by atoms with Crippen LogP contribution in [0.5, 0.6) is 11.5 Å². The topological polar surface area (TPSA) is 34.6 Å². The lowest BCUT2D eigenvalue weighted by Gasteiger charge is -2.26. The molecule has 0 bridgehead atoms. The fourth-order valence-corrected chi connectivity index (χ4v) is 3.42. The zero-order valence-corrected chi connectivity index (χ0v) is 18.4. The Morgan fingerprint density at radius 2 is 1.69 bits per heavy atom. The van der Waals surface area contributed by atoms with Crippen molar-refractivity contribution in [3.63, 3.8) is 0 Å². The van der Waals surface area contributed by atoms with Crippen molar-refractivity contribution in [2.45, 2.75) is 6.54 Å². The van der Waals surface area contributed by atoms with Gasteiger partial charge in [-0.05, 0) is 59.7 Å². The molecule has 0 unspecified atom stereocenters. The van der Waals surface area contributed by atoms with E-state index in [1.165, 1.54) is 0 Å². The Kier molecular flexibility index (Phi) is 7.05. The van der Waals surface area contributed by atoms with Crippen LogP contribution in [0.1, 0.15) is 11.1 Å². The van der Waals surface area contributed by atoms with Crippen LogP contribution in [0.15, 0.2) is 104 Å². The summed E-state index contributed by atoms with van der Waals surface area (Å²) in [6.07, 6.45) is 7.19. The average Bonchev–Trinajstić information content (AvgIpc) is 2.85. The predicted molar refractivity (Wildman–Crippen MR) is 131 cm³/mol. The van der Waals surface area contributed by atoms with Gasteiger partial charge in [0, 0.05) is 41.4 Å². The summed E-state index contributed by atoms with van der Waals surface area (Å²) < 4.78 is 11.5.